The van der Waals surface area contributed by atoms with E-state index >= 15 is 0 Å². The van der Waals surface area contributed by atoms with Gasteiger partial charge in [0.25, 0.3) is 0 Å². The third-order valence-corrected chi connectivity index (χ3v) is 4.30. The molecule has 0 aliphatic carbocycles. The number of hydrogen-bond acceptors (Lipinski definition) is 4. The number of aromatic amines is 1. The summed E-state index contributed by atoms with van der Waals surface area (Å²) in [4.78, 5) is 17.6. The Bertz CT molecular complexity index is 767. The van der Waals surface area contributed by atoms with Crippen LogP contribution in [-0.2, 0) is 6.42 Å². The number of nitrogens with one attached hydrogen (secondary N) is 3. The molecule has 0 saturated carbocycles. The molecule has 23 heavy (non-hydrogen) atoms. The van der Waals surface area contributed by atoms with Gasteiger partial charge in [0.05, 0.1) is 22.6 Å². The molecular weight excluding hydrogens is 310 g/mol. The van der Waals surface area contributed by atoms with Gasteiger partial charge in [0.15, 0.2) is 0 Å². The average molecular weight is 327 g/mol. The van der Waals surface area contributed by atoms with Gasteiger partial charge in [-0.2, -0.15) is 5.10 Å². The monoisotopic (exact) mass is 327 g/mol. The molecule has 0 radical (unpaired) electrons. The molecule has 2 aromatic heterocycles. The van der Waals surface area contributed by atoms with Crippen LogP contribution in [0, 0.1) is 6.92 Å². The quantitative estimate of drug-likeness (QED) is 0.673. The number of nitrogens with zero attached hydrogens (tertiary/aromatic N) is 2. The molecule has 0 saturated heterocycles. The van der Waals surface area contributed by atoms with Crippen LogP contribution in [0.1, 0.15) is 9.88 Å². The molecular formula is C16H17N5OS. The van der Waals surface area contributed by atoms with Crippen LogP contribution in [0.5, 0.6) is 0 Å². The van der Waals surface area contributed by atoms with Gasteiger partial charge in [-0.1, -0.05) is 30.3 Å². The first-order valence-electron chi connectivity index (χ1n) is 7.28. The fourth-order valence-corrected chi connectivity index (χ4v) is 3.15. The third-order valence-electron chi connectivity index (χ3n) is 3.27. The van der Waals surface area contributed by atoms with Crippen molar-refractivity contribution in [1.29, 1.82) is 0 Å². The molecule has 3 N–H and O–H groups in total. The van der Waals surface area contributed by atoms with E-state index in [2.05, 4.69) is 44.9 Å². The van der Waals surface area contributed by atoms with Gasteiger partial charge in [0.1, 0.15) is 0 Å². The van der Waals surface area contributed by atoms with Crippen LogP contribution in [-0.4, -0.2) is 27.8 Å². The molecule has 0 fully saturated rings. The first-order valence-corrected chi connectivity index (χ1v) is 8.09. The zero-order chi connectivity index (χ0) is 16.1. The number of H-pyrrole nitrogens is 1. The number of amides is 2. The normalized spacial score (nSPS) is 10.5. The second-order valence-electron chi connectivity index (χ2n) is 5.00. The largest absolute Gasteiger partial charge is 0.337 e. The Hall–Kier alpha value is -2.67. The summed E-state index contributed by atoms with van der Waals surface area (Å²) in [5.74, 6) is 0. The highest BCUT2D eigenvalue weighted by atomic mass is 32.1. The Labute approximate surface area is 138 Å². The van der Waals surface area contributed by atoms with Crippen molar-refractivity contribution >= 4 is 23.1 Å². The summed E-state index contributed by atoms with van der Waals surface area (Å²) in [6.45, 7) is 2.60. The van der Waals surface area contributed by atoms with Crippen LogP contribution in [0.15, 0.2) is 42.7 Å². The zero-order valence-electron chi connectivity index (χ0n) is 12.7. The van der Waals surface area contributed by atoms with E-state index in [0.717, 1.165) is 16.3 Å². The molecule has 0 unspecified atom stereocenters. The fourth-order valence-electron chi connectivity index (χ4n) is 2.20. The average Bonchev–Trinajstić information content (AvgIpc) is 3.18. The molecule has 0 aliphatic rings. The highest BCUT2D eigenvalue weighted by Gasteiger charge is 2.10. The summed E-state index contributed by atoms with van der Waals surface area (Å²) in [7, 11) is 0. The summed E-state index contributed by atoms with van der Waals surface area (Å²) in [6, 6.07) is 9.88. The lowest BCUT2D eigenvalue weighted by Gasteiger charge is -2.04. The van der Waals surface area contributed by atoms with E-state index in [1.54, 1.807) is 23.7 Å². The number of aromatic nitrogens is 3. The van der Waals surface area contributed by atoms with Gasteiger partial charge in [-0.05, 0) is 6.92 Å². The standard InChI is InChI=1S/C16H17N5OS/c1-11-15(12-5-3-2-4-6-12)21-14(23-11)7-8-17-16(22)20-13-9-18-19-10-13/h2-6,9-10H,7-8H2,1H3,(H,18,19)(H2,17,20,22). The van der Waals surface area contributed by atoms with Gasteiger partial charge >= 0.3 is 6.03 Å². The molecule has 6 nitrogen and oxygen atoms in total. The predicted octanol–water partition coefficient (Wildman–Crippen LogP) is 3.21. The van der Waals surface area contributed by atoms with Crippen LogP contribution in [0.3, 0.4) is 0 Å². The molecule has 3 aromatic rings. The number of urea groups is 1. The number of rotatable bonds is 5. The van der Waals surface area contributed by atoms with Gasteiger partial charge in [0.2, 0.25) is 0 Å². The number of carbonyl (C=O) groups excluding carboxylic acids is 1. The summed E-state index contributed by atoms with van der Waals surface area (Å²) in [5, 5.41) is 12.9. The second kappa shape index (κ2) is 7.06. The Morgan fingerprint density at radius 3 is 2.87 bits per heavy atom. The number of benzene rings is 1. The minimum atomic E-state index is -0.247. The maximum Gasteiger partial charge on any atom is 0.319 e. The van der Waals surface area contributed by atoms with Crippen molar-refractivity contribution in [3.05, 3.63) is 52.6 Å². The van der Waals surface area contributed by atoms with Crippen molar-refractivity contribution in [2.45, 2.75) is 13.3 Å². The first-order chi connectivity index (χ1) is 11.2. The molecule has 3 rings (SSSR count). The van der Waals surface area contributed by atoms with E-state index in [9.17, 15) is 4.79 Å². The van der Waals surface area contributed by atoms with Crippen LogP contribution >= 0.6 is 11.3 Å². The van der Waals surface area contributed by atoms with Gasteiger partial charge in [0, 0.05) is 29.6 Å². The molecule has 118 valence electrons. The zero-order valence-corrected chi connectivity index (χ0v) is 13.5. The minimum absolute atomic E-state index is 0.247. The van der Waals surface area contributed by atoms with E-state index in [1.165, 1.54) is 4.88 Å². The van der Waals surface area contributed by atoms with Crippen molar-refractivity contribution in [3.8, 4) is 11.3 Å². The van der Waals surface area contributed by atoms with Gasteiger partial charge in [-0.15, -0.1) is 11.3 Å². The van der Waals surface area contributed by atoms with Crippen LogP contribution < -0.4 is 10.6 Å². The van der Waals surface area contributed by atoms with E-state index in [0.29, 0.717) is 18.7 Å². The molecule has 0 atom stereocenters. The molecule has 7 heteroatoms. The van der Waals surface area contributed by atoms with Gasteiger partial charge in [-0.25, -0.2) is 9.78 Å². The fraction of sp³-hybridized carbons (Fsp3) is 0.188. The topological polar surface area (TPSA) is 82.7 Å². The van der Waals surface area contributed by atoms with Crippen molar-refractivity contribution in [2.75, 3.05) is 11.9 Å². The summed E-state index contributed by atoms with van der Waals surface area (Å²) < 4.78 is 0. The Balaban J connectivity index is 1.54. The van der Waals surface area contributed by atoms with Crippen LogP contribution in [0.4, 0.5) is 10.5 Å². The number of anilines is 1. The van der Waals surface area contributed by atoms with Crippen molar-refractivity contribution < 1.29 is 4.79 Å². The maximum absolute atomic E-state index is 11.7. The van der Waals surface area contributed by atoms with Crippen LogP contribution in [0.25, 0.3) is 11.3 Å². The number of hydrogen-bond donors (Lipinski definition) is 3. The SMILES string of the molecule is Cc1sc(CCNC(=O)Nc2cn[nH]c2)nc1-c1ccccc1. The van der Waals surface area contributed by atoms with Gasteiger partial charge < -0.3 is 10.6 Å². The number of aryl methyl sites for hydroxylation is 1. The van der Waals surface area contributed by atoms with Gasteiger partial charge in [-0.3, -0.25) is 5.10 Å². The van der Waals surface area contributed by atoms with Crippen molar-refractivity contribution in [2.24, 2.45) is 0 Å². The van der Waals surface area contributed by atoms with E-state index in [4.69, 9.17) is 0 Å². The maximum atomic E-state index is 11.7. The highest BCUT2D eigenvalue weighted by Crippen LogP contribution is 2.27. The Morgan fingerprint density at radius 2 is 2.13 bits per heavy atom. The Kier molecular flexibility index (Phi) is 4.68. The second-order valence-corrected chi connectivity index (χ2v) is 6.28. The van der Waals surface area contributed by atoms with E-state index in [-0.39, 0.29) is 6.03 Å². The summed E-state index contributed by atoms with van der Waals surface area (Å²) in [6.07, 6.45) is 3.88. The lowest BCUT2D eigenvalue weighted by molar-refractivity contribution is 0.252. The third kappa shape index (κ3) is 3.95. The van der Waals surface area contributed by atoms with Crippen LogP contribution in [0.2, 0.25) is 0 Å². The van der Waals surface area contributed by atoms with E-state index < -0.39 is 0 Å². The van der Waals surface area contributed by atoms with E-state index in [1.807, 2.05) is 18.2 Å². The predicted molar refractivity (Wildman–Crippen MR) is 91.6 cm³/mol. The summed E-state index contributed by atoms with van der Waals surface area (Å²) >= 11 is 1.67. The smallest absolute Gasteiger partial charge is 0.319 e. The molecule has 0 bridgehead atoms. The lowest BCUT2D eigenvalue weighted by Crippen LogP contribution is -2.30. The van der Waals surface area contributed by atoms with Crippen molar-refractivity contribution in [3.63, 3.8) is 0 Å². The lowest BCUT2D eigenvalue weighted by atomic mass is 10.1. The summed E-state index contributed by atoms with van der Waals surface area (Å²) in [5.41, 5.74) is 2.78. The van der Waals surface area contributed by atoms with Crippen molar-refractivity contribution in [1.82, 2.24) is 20.5 Å². The number of carbonyl (C=O) groups is 1. The molecule has 0 aliphatic heterocycles. The molecule has 2 amide bonds. The highest BCUT2D eigenvalue weighted by molar-refractivity contribution is 7.12. The first kappa shape index (κ1) is 15.2. The minimum Gasteiger partial charge on any atom is -0.337 e. The molecule has 0 spiro atoms. The molecule has 1 aromatic carbocycles. The Morgan fingerprint density at radius 1 is 1.30 bits per heavy atom. The number of thiazole rings is 1. The molecule has 2 heterocycles.